The monoisotopic (exact) mass is 267 g/mol. The molecular formula is C17H21N3. The lowest BCUT2D eigenvalue weighted by atomic mass is 10.0. The van der Waals surface area contributed by atoms with E-state index in [1.165, 1.54) is 28.1 Å². The molecule has 0 radical (unpaired) electrons. The molecule has 0 unspecified atom stereocenters. The number of nitrogens with zero attached hydrogens (tertiary/aromatic N) is 2. The molecule has 3 heteroatoms. The number of rotatable bonds is 3. The van der Waals surface area contributed by atoms with Gasteiger partial charge >= 0.3 is 0 Å². The van der Waals surface area contributed by atoms with Crippen molar-refractivity contribution >= 4 is 0 Å². The topological polar surface area (TPSA) is 37.8 Å². The lowest BCUT2D eigenvalue weighted by Gasteiger charge is -2.19. The molecule has 20 heavy (non-hydrogen) atoms. The average molecular weight is 267 g/mol. The number of nitrogens with one attached hydrogen (secondary N) is 1. The fourth-order valence-electron chi connectivity index (χ4n) is 2.75. The first-order valence-electron chi connectivity index (χ1n) is 7.40. The van der Waals surface area contributed by atoms with Gasteiger partial charge in [0.1, 0.15) is 5.82 Å². The van der Waals surface area contributed by atoms with E-state index < -0.39 is 0 Å². The average Bonchev–Trinajstić information content (AvgIpc) is 2.49. The van der Waals surface area contributed by atoms with E-state index in [9.17, 15) is 0 Å². The minimum absolute atomic E-state index is 0.820. The molecule has 0 amide bonds. The van der Waals surface area contributed by atoms with Gasteiger partial charge < -0.3 is 5.32 Å². The summed E-state index contributed by atoms with van der Waals surface area (Å²) in [4.78, 5) is 9.55. The van der Waals surface area contributed by atoms with Gasteiger partial charge in [-0.2, -0.15) is 0 Å². The maximum absolute atomic E-state index is 4.78. The molecule has 0 atom stereocenters. The molecule has 104 valence electrons. The van der Waals surface area contributed by atoms with Crippen molar-refractivity contribution in [2.75, 3.05) is 6.54 Å². The van der Waals surface area contributed by atoms with E-state index in [4.69, 9.17) is 9.97 Å². The summed E-state index contributed by atoms with van der Waals surface area (Å²) in [5.41, 5.74) is 6.38. The third-order valence-electron chi connectivity index (χ3n) is 3.89. The molecule has 1 aliphatic rings. The van der Waals surface area contributed by atoms with Crippen molar-refractivity contribution in [2.45, 2.75) is 39.7 Å². The third kappa shape index (κ3) is 2.73. The highest BCUT2D eigenvalue weighted by molar-refractivity contribution is 5.30. The van der Waals surface area contributed by atoms with Gasteiger partial charge in [-0.3, -0.25) is 0 Å². The zero-order valence-electron chi connectivity index (χ0n) is 12.2. The molecule has 2 heterocycles. The highest BCUT2D eigenvalue weighted by Gasteiger charge is 2.16. The van der Waals surface area contributed by atoms with Crippen molar-refractivity contribution in [3.05, 3.63) is 58.2 Å². The van der Waals surface area contributed by atoms with Crippen LogP contribution in [0.3, 0.4) is 0 Å². The molecule has 1 N–H and O–H groups in total. The molecule has 3 rings (SSSR count). The molecule has 1 aromatic carbocycles. The van der Waals surface area contributed by atoms with E-state index in [2.05, 4.69) is 43.4 Å². The third-order valence-corrected chi connectivity index (χ3v) is 3.89. The summed E-state index contributed by atoms with van der Waals surface area (Å²) in [5, 5.41) is 3.40. The maximum Gasteiger partial charge on any atom is 0.133 e. The molecule has 0 bridgehead atoms. The fraction of sp³-hybridized carbons (Fsp3) is 0.412. The fourth-order valence-corrected chi connectivity index (χ4v) is 2.75. The molecule has 3 nitrogen and oxygen atoms in total. The van der Waals surface area contributed by atoms with E-state index in [0.29, 0.717) is 0 Å². The van der Waals surface area contributed by atoms with Crippen LogP contribution in [0.4, 0.5) is 0 Å². The highest BCUT2D eigenvalue weighted by Crippen LogP contribution is 2.18. The molecular weight excluding hydrogens is 246 g/mol. The van der Waals surface area contributed by atoms with Crippen LogP contribution in [0.15, 0.2) is 24.3 Å². The van der Waals surface area contributed by atoms with E-state index >= 15 is 0 Å². The Morgan fingerprint density at radius 1 is 1.15 bits per heavy atom. The second-order valence-electron chi connectivity index (χ2n) is 5.45. The van der Waals surface area contributed by atoms with Gasteiger partial charge in [0.15, 0.2) is 0 Å². The summed E-state index contributed by atoms with van der Waals surface area (Å²) in [7, 11) is 0. The normalized spacial score (nSPS) is 14.1. The van der Waals surface area contributed by atoms with Crippen LogP contribution in [0, 0.1) is 6.92 Å². The standard InChI is InChI=1S/C17H21N3/c1-3-15-14-8-9-18-11-16(14)20-17(19-15)10-13-6-4-12(2)5-7-13/h4-7,18H,3,8-11H2,1-2H3. The van der Waals surface area contributed by atoms with Gasteiger partial charge in [-0.05, 0) is 37.4 Å². The van der Waals surface area contributed by atoms with E-state index in [-0.39, 0.29) is 0 Å². The van der Waals surface area contributed by atoms with Crippen molar-refractivity contribution in [2.24, 2.45) is 0 Å². The van der Waals surface area contributed by atoms with Gasteiger partial charge in [-0.15, -0.1) is 0 Å². The van der Waals surface area contributed by atoms with Crippen molar-refractivity contribution in [3.63, 3.8) is 0 Å². The quantitative estimate of drug-likeness (QED) is 0.929. The predicted octanol–water partition coefficient (Wildman–Crippen LogP) is 2.58. The Morgan fingerprint density at radius 3 is 2.70 bits per heavy atom. The number of aromatic nitrogens is 2. The SMILES string of the molecule is CCc1nc(Cc2ccc(C)cc2)nc2c1CCNC2. The Morgan fingerprint density at radius 2 is 1.95 bits per heavy atom. The Labute approximate surface area is 120 Å². The lowest BCUT2D eigenvalue weighted by molar-refractivity contribution is 0.610. The van der Waals surface area contributed by atoms with Crippen LogP contribution in [0.2, 0.25) is 0 Å². The Kier molecular flexibility index (Phi) is 3.79. The predicted molar refractivity (Wildman–Crippen MR) is 80.8 cm³/mol. The summed E-state index contributed by atoms with van der Waals surface area (Å²) in [6.45, 7) is 6.22. The van der Waals surface area contributed by atoms with Gasteiger partial charge in [0.05, 0.1) is 5.69 Å². The molecule has 0 fully saturated rings. The Hall–Kier alpha value is -1.74. The zero-order chi connectivity index (χ0) is 13.9. The van der Waals surface area contributed by atoms with Crippen LogP contribution in [0.5, 0.6) is 0 Å². The summed E-state index contributed by atoms with van der Waals surface area (Å²) in [6.07, 6.45) is 2.87. The first kappa shape index (κ1) is 13.3. The first-order valence-corrected chi connectivity index (χ1v) is 7.40. The zero-order valence-corrected chi connectivity index (χ0v) is 12.2. The molecule has 0 saturated carbocycles. The summed E-state index contributed by atoms with van der Waals surface area (Å²) >= 11 is 0. The van der Waals surface area contributed by atoms with Crippen molar-refractivity contribution in [1.29, 1.82) is 0 Å². The molecule has 0 aliphatic carbocycles. The van der Waals surface area contributed by atoms with E-state index in [0.717, 1.165) is 38.2 Å². The van der Waals surface area contributed by atoms with E-state index in [1.807, 2.05) is 0 Å². The molecule has 2 aromatic rings. The molecule has 0 spiro atoms. The van der Waals surface area contributed by atoms with Gasteiger partial charge in [-0.25, -0.2) is 9.97 Å². The van der Waals surface area contributed by atoms with Crippen LogP contribution in [-0.2, 0) is 25.8 Å². The van der Waals surface area contributed by atoms with E-state index in [1.54, 1.807) is 0 Å². The summed E-state index contributed by atoms with van der Waals surface area (Å²) in [6, 6.07) is 8.63. The molecule has 1 aliphatic heterocycles. The second kappa shape index (κ2) is 5.71. The maximum atomic E-state index is 4.78. The van der Waals surface area contributed by atoms with Crippen LogP contribution in [0.25, 0.3) is 0 Å². The largest absolute Gasteiger partial charge is 0.311 e. The van der Waals surface area contributed by atoms with Crippen molar-refractivity contribution in [1.82, 2.24) is 15.3 Å². The summed E-state index contributed by atoms with van der Waals surface area (Å²) < 4.78 is 0. The minimum Gasteiger partial charge on any atom is -0.311 e. The highest BCUT2D eigenvalue weighted by atomic mass is 15.0. The van der Waals surface area contributed by atoms with Gasteiger partial charge in [0.25, 0.3) is 0 Å². The van der Waals surface area contributed by atoms with Crippen LogP contribution in [-0.4, -0.2) is 16.5 Å². The van der Waals surface area contributed by atoms with Crippen molar-refractivity contribution in [3.8, 4) is 0 Å². The molecule has 0 saturated heterocycles. The van der Waals surface area contributed by atoms with Crippen LogP contribution in [0.1, 0.15) is 40.8 Å². The van der Waals surface area contributed by atoms with Crippen LogP contribution >= 0.6 is 0 Å². The number of fused-ring (bicyclic) bond motifs is 1. The number of hydrogen-bond donors (Lipinski definition) is 1. The van der Waals surface area contributed by atoms with Crippen molar-refractivity contribution < 1.29 is 0 Å². The Bertz CT molecular complexity index is 585. The lowest BCUT2D eigenvalue weighted by Crippen LogP contribution is -2.27. The number of aryl methyl sites for hydroxylation is 2. The summed E-state index contributed by atoms with van der Waals surface area (Å²) in [5.74, 6) is 0.952. The smallest absolute Gasteiger partial charge is 0.133 e. The minimum atomic E-state index is 0.820. The Balaban J connectivity index is 1.91. The van der Waals surface area contributed by atoms with Gasteiger partial charge in [0, 0.05) is 18.7 Å². The number of hydrogen-bond acceptors (Lipinski definition) is 3. The number of benzene rings is 1. The first-order chi connectivity index (χ1) is 9.76. The van der Waals surface area contributed by atoms with Gasteiger partial charge in [-0.1, -0.05) is 36.8 Å². The second-order valence-corrected chi connectivity index (χ2v) is 5.45. The molecule has 1 aromatic heterocycles. The van der Waals surface area contributed by atoms with Gasteiger partial charge in [0.2, 0.25) is 0 Å². The van der Waals surface area contributed by atoms with Crippen LogP contribution < -0.4 is 5.32 Å².